The van der Waals surface area contributed by atoms with Crippen molar-refractivity contribution in [1.82, 2.24) is 4.98 Å². The van der Waals surface area contributed by atoms with E-state index in [-0.39, 0.29) is 5.56 Å². The molecule has 0 radical (unpaired) electrons. The monoisotopic (exact) mass is 311 g/mol. The van der Waals surface area contributed by atoms with Gasteiger partial charge in [-0.25, -0.2) is 9.37 Å². The van der Waals surface area contributed by atoms with Crippen LogP contribution in [0.4, 0.5) is 21.0 Å². The van der Waals surface area contributed by atoms with Crippen molar-refractivity contribution in [3.05, 3.63) is 39.0 Å². The van der Waals surface area contributed by atoms with Crippen molar-refractivity contribution in [2.24, 2.45) is 5.10 Å². The highest BCUT2D eigenvalue weighted by Gasteiger charge is 2.20. The first kappa shape index (κ1) is 14.7. The lowest BCUT2D eigenvalue weighted by atomic mass is 10.2. The summed E-state index contributed by atoms with van der Waals surface area (Å²) >= 11 is 1.24. The third-order valence-electron chi connectivity index (χ3n) is 2.34. The summed E-state index contributed by atoms with van der Waals surface area (Å²) in [6, 6.07) is 2.23. The summed E-state index contributed by atoms with van der Waals surface area (Å²) in [5.41, 5.74) is 7.75. The minimum Gasteiger partial charge on any atom is -0.488 e. The number of rotatable bonds is 5. The molecule has 0 amide bonds. The number of nitrogen functional groups attached to an aromatic ring is 1. The third-order valence-corrected chi connectivity index (χ3v) is 3.11. The van der Waals surface area contributed by atoms with Crippen molar-refractivity contribution >= 4 is 34.2 Å². The van der Waals surface area contributed by atoms with Crippen molar-refractivity contribution < 1.29 is 14.1 Å². The molecule has 8 nitrogen and oxygen atoms in total. The van der Waals surface area contributed by atoms with Crippen molar-refractivity contribution in [3.8, 4) is 5.75 Å². The average Bonchev–Trinajstić information content (AvgIpc) is 2.83. The summed E-state index contributed by atoms with van der Waals surface area (Å²) in [5.74, 6) is -0.909. The molecule has 0 saturated carbocycles. The van der Waals surface area contributed by atoms with Crippen molar-refractivity contribution in [2.45, 2.75) is 0 Å². The number of hydrogen-bond donors (Lipinski definition) is 2. The van der Waals surface area contributed by atoms with Gasteiger partial charge in [-0.3, -0.25) is 15.5 Å². The summed E-state index contributed by atoms with van der Waals surface area (Å²) in [4.78, 5) is 14.0. The number of hydrogen-bond acceptors (Lipinski definition) is 8. The Kier molecular flexibility index (Phi) is 4.28. The molecule has 0 aliphatic heterocycles. The highest BCUT2D eigenvalue weighted by atomic mass is 32.1. The fourth-order valence-electron chi connectivity index (χ4n) is 1.51. The quantitative estimate of drug-likeness (QED) is 0.497. The Labute approximate surface area is 122 Å². The minimum atomic E-state index is -0.841. The predicted molar refractivity (Wildman–Crippen MR) is 77.3 cm³/mol. The Morgan fingerprint density at radius 3 is 2.95 bits per heavy atom. The molecule has 0 spiro atoms. The van der Waals surface area contributed by atoms with Crippen LogP contribution < -0.4 is 15.9 Å². The standard InChI is InChI=1S/C11H10FN5O3S/c1-20-10-7(12)2-6(3-8(10)17(18)19)4-14-16-11-15-9(13)5-21-11/h2-5H,13H2,1H3,(H,15,16). The number of nitrogens with zero attached hydrogens (tertiary/aromatic N) is 3. The van der Waals surface area contributed by atoms with Gasteiger partial charge in [0.2, 0.25) is 10.9 Å². The number of benzene rings is 1. The van der Waals surface area contributed by atoms with Crippen molar-refractivity contribution in [1.29, 1.82) is 0 Å². The van der Waals surface area contributed by atoms with E-state index < -0.39 is 22.2 Å². The molecule has 1 aromatic heterocycles. The lowest BCUT2D eigenvalue weighted by Crippen LogP contribution is -1.99. The molecule has 10 heteroatoms. The molecule has 1 heterocycles. The number of aromatic nitrogens is 1. The van der Waals surface area contributed by atoms with Gasteiger partial charge in [0.15, 0.2) is 5.82 Å². The predicted octanol–water partition coefficient (Wildman–Crippen LogP) is 2.23. The number of ether oxygens (including phenoxy) is 1. The average molecular weight is 311 g/mol. The molecule has 1 aromatic carbocycles. The first-order valence-electron chi connectivity index (χ1n) is 5.53. The van der Waals surface area contributed by atoms with Gasteiger partial charge in [-0.2, -0.15) is 5.10 Å². The van der Waals surface area contributed by atoms with Gasteiger partial charge in [0.1, 0.15) is 5.82 Å². The molecule has 2 rings (SSSR count). The van der Waals surface area contributed by atoms with Gasteiger partial charge < -0.3 is 10.5 Å². The molecule has 0 saturated heterocycles. The molecule has 0 aliphatic carbocycles. The van der Waals surface area contributed by atoms with E-state index in [9.17, 15) is 14.5 Å². The highest BCUT2D eigenvalue weighted by molar-refractivity contribution is 7.14. The number of nitrogens with one attached hydrogen (secondary N) is 1. The smallest absolute Gasteiger partial charge is 0.314 e. The van der Waals surface area contributed by atoms with Gasteiger partial charge in [-0.05, 0) is 6.07 Å². The van der Waals surface area contributed by atoms with Gasteiger partial charge >= 0.3 is 5.69 Å². The van der Waals surface area contributed by atoms with Crippen LogP contribution in [0.5, 0.6) is 5.75 Å². The zero-order valence-electron chi connectivity index (χ0n) is 10.7. The topological polar surface area (TPSA) is 116 Å². The van der Waals surface area contributed by atoms with Crippen molar-refractivity contribution in [3.63, 3.8) is 0 Å². The summed E-state index contributed by atoms with van der Waals surface area (Å²) in [5, 5.41) is 16.7. The van der Waals surface area contributed by atoms with Crippen LogP contribution in [0.15, 0.2) is 22.6 Å². The number of hydrazone groups is 1. The molecular weight excluding hydrogens is 301 g/mol. The number of nitrogens with two attached hydrogens (primary N) is 1. The van der Waals surface area contributed by atoms with Crippen LogP contribution in [-0.2, 0) is 0 Å². The summed E-state index contributed by atoms with van der Waals surface area (Å²) < 4.78 is 18.4. The number of halogens is 1. The maximum absolute atomic E-state index is 13.7. The Morgan fingerprint density at radius 2 is 2.38 bits per heavy atom. The minimum absolute atomic E-state index is 0.206. The molecule has 2 aromatic rings. The molecule has 3 N–H and O–H groups in total. The Balaban J connectivity index is 2.22. The maximum atomic E-state index is 13.7. The number of anilines is 2. The molecule has 0 atom stereocenters. The van der Waals surface area contributed by atoms with E-state index in [1.54, 1.807) is 5.38 Å². The largest absolute Gasteiger partial charge is 0.488 e. The van der Waals surface area contributed by atoms with Gasteiger partial charge in [0.25, 0.3) is 0 Å². The molecule has 0 aliphatic rings. The number of nitro groups is 1. The molecule has 21 heavy (non-hydrogen) atoms. The lowest BCUT2D eigenvalue weighted by Gasteiger charge is -2.03. The van der Waals surface area contributed by atoms with Crippen LogP contribution in [0.3, 0.4) is 0 Å². The van der Waals surface area contributed by atoms with Crippen molar-refractivity contribution in [2.75, 3.05) is 18.3 Å². The third kappa shape index (κ3) is 3.42. The molecule has 110 valence electrons. The highest BCUT2D eigenvalue weighted by Crippen LogP contribution is 2.30. The van der Waals surface area contributed by atoms with E-state index in [4.69, 9.17) is 5.73 Å². The van der Waals surface area contributed by atoms with Crippen LogP contribution in [0.1, 0.15) is 5.56 Å². The zero-order chi connectivity index (χ0) is 15.4. The van der Waals surface area contributed by atoms with Gasteiger partial charge in [-0.15, -0.1) is 11.3 Å². The van der Waals surface area contributed by atoms with E-state index in [0.29, 0.717) is 10.9 Å². The number of thiazole rings is 1. The number of methoxy groups -OCH3 is 1. The second kappa shape index (κ2) is 6.13. The van der Waals surface area contributed by atoms with E-state index in [2.05, 4.69) is 20.2 Å². The fraction of sp³-hybridized carbons (Fsp3) is 0.0909. The van der Waals surface area contributed by atoms with E-state index in [1.165, 1.54) is 17.6 Å². The second-order valence-electron chi connectivity index (χ2n) is 3.76. The first-order valence-corrected chi connectivity index (χ1v) is 6.41. The van der Waals surface area contributed by atoms with E-state index >= 15 is 0 Å². The van der Waals surface area contributed by atoms with Gasteiger partial charge in [0.05, 0.1) is 18.2 Å². The van der Waals surface area contributed by atoms with Gasteiger partial charge in [-0.1, -0.05) is 0 Å². The van der Waals surface area contributed by atoms with Gasteiger partial charge in [0, 0.05) is 17.0 Å². The Hall–Kier alpha value is -2.75. The van der Waals surface area contributed by atoms with E-state index in [0.717, 1.165) is 19.2 Å². The first-order chi connectivity index (χ1) is 10.0. The zero-order valence-corrected chi connectivity index (χ0v) is 11.6. The SMILES string of the molecule is COc1c(F)cc(C=NNc2nc(N)cs2)cc1[N+](=O)[O-]. The molecule has 0 fully saturated rings. The normalized spacial score (nSPS) is 10.8. The molecule has 0 unspecified atom stereocenters. The number of nitro benzene ring substituents is 1. The summed E-state index contributed by atoms with van der Waals surface area (Å²) in [6.07, 6.45) is 1.23. The maximum Gasteiger partial charge on any atom is 0.314 e. The second-order valence-corrected chi connectivity index (χ2v) is 4.62. The van der Waals surface area contributed by atoms with Crippen LogP contribution in [-0.4, -0.2) is 23.2 Å². The Bertz CT molecular complexity index is 703. The summed E-state index contributed by atoms with van der Waals surface area (Å²) in [6.45, 7) is 0. The van der Waals surface area contributed by atoms with Crippen LogP contribution in [0.25, 0.3) is 0 Å². The van der Waals surface area contributed by atoms with E-state index in [1.807, 2.05) is 0 Å². The Morgan fingerprint density at radius 1 is 1.62 bits per heavy atom. The lowest BCUT2D eigenvalue weighted by molar-refractivity contribution is -0.386. The summed E-state index contributed by atoms with van der Waals surface area (Å²) in [7, 11) is 1.16. The van der Waals surface area contributed by atoms with Crippen LogP contribution in [0, 0.1) is 15.9 Å². The fourth-order valence-corrected chi connectivity index (χ4v) is 2.06. The van der Waals surface area contributed by atoms with Crippen LogP contribution in [0.2, 0.25) is 0 Å². The molecule has 0 bridgehead atoms. The van der Waals surface area contributed by atoms with Crippen LogP contribution >= 0.6 is 11.3 Å². The molecular formula is C11H10FN5O3S.